The summed E-state index contributed by atoms with van der Waals surface area (Å²) in [6.45, 7) is 1.67. The normalized spacial score (nSPS) is 11.3. The van der Waals surface area contributed by atoms with Crippen molar-refractivity contribution in [1.82, 2.24) is 0 Å². The monoisotopic (exact) mass is 341 g/mol. The van der Waals surface area contributed by atoms with Crippen LogP contribution in [0, 0.1) is 6.92 Å². The van der Waals surface area contributed by atoms with Gasteiger partial charge in [0.15, 0.2) is 0 Å². The predicted octanol–water partition coefficient (Wildman–Crippen LogP) is 3.20. The number of ether oxygens (including phenoxy) is 1. The van der Waals surface area contributed by atoms with Crippen LogP contribution in [0.25, 0.3) is 0 Å². The maximum atomic E-state index is 11.3. The lowest BCUT2D eigenvalue weighted by Crippen LogP contribution is -2.13. The van der Waals surface area contributed by atoms with Gasteiger partial charge in [0, 0.05) is 0 Å². The van der Waals surface area contributed by atoms with E-state index in [1.807, 2.05) is 24.3 Å². The molecule has 0 aliphatic heterocycles. The highest BCUT2D eigenvalue weighted by molar-refractivity contribution is 9.10. The molecule has 19 heavy (non-hydrogen) atoms. The van der Waals surface area contributed by atoms with Crippen molar-refractivity contribution < 1.29 is 13.2 Å². The number of sulfonamides is 1. The Bertz CT molecular complexity index is 714. The molecule has 6 heteroatoms. The van der Waals surface area contributed by atoms with E-state index in [1.54, 1.807) is 19.1 Å². The largest absolute Gasteiger partial charge is 0.456 e. The van der Waals surface area contributed by atoms with Crippen molar-refractivity contribution in [2.75, 3.05) is 0 Å². The van der Waals surface area contributed by atoms with E-state index in [2.05, 4.69) is 15.9 Å². The molecular formula is C13H12BrNO3S. The van der Waals surface area contributed by atoms with E-state index in [0.29, 0.717) is 17.1 Å². The summed E-state index contributed by atoms with van der Waals surface area (Å²) in [5, 5.41) is 5.11. The minimum Gasteiger partial charge on any atom is -0.456 e. The molecule has 0 saturated carbocycles. The van der Waals surface area contributed by atoms with Gasteiger partial charge in [-0.25, -0.2) is 13.6 Å². The highest BCUT2D eigenvalue weighted by atomic mass is 79.9. The average Bonchev–Trinajstić information content (AvgIpc) is 2.30. The summed E-state index contributed by atoms with van der Waals surface area (Å²) in [5.74, 6) is 1.21. The molecule has 0 heterocycles. The molecule has 0 fully saturated rings. The summed E-state index contributed by atoms with van der Waals surface area (Å²) >= 11 is 3.38. The zero-order valence-electron chi connectivity index (χ0n) is 10.1. The third kappa shape index (κ3) is 3.34. The first-order valence-electron chi connectivity index (χ1n) is 5.44. The van der Waals surface area contributed by atoms with Crippen LogP contribution in [0.15, 0.2) is 51.8 Å². The predicted molar refractivity (Wildman–Crippen MR) is 76.8 cm³/mol. The second-order valence-electron chi connectivity index (χ2n) is 4.00. The van der Waals surface area contributed by atoms with Crippen LogP contribution in [-0.2, 0) is 10.0 Å². The van der Waals surface area contributed by atoms with Crippen LogP contribution >= 0.6 is 15.9 Å². The highest BCUT2D eigenvalue weighted by Gasteiger charge is 2.12. The standard InChI is InChI=1S/C13H12BrNO3S/c1-9-8-10(6-7-13(9)19(15,16)17)18-12-5-3-2-4-11(12)14/h2-8H,1H3,(H2,15,16,17). The van der Waals surface area contributed by atoms with E-state index in [0.717, 1.165) is 4.47 Å². The first kappa shape index (κ1) is 14.0. The van der Waals surface area contributed by atoms with E-state index in [9.17, 15) is 8.42 Å². The summed E-state index contributed by atoms with van der Waals surface area (Å²) < 4.78 is 29.1. The number of benzene rings is 2. The molecule has 0 aromatic heterocycles. The van der Waals surface area contributed by atoms with Gasteiger partial charge in [-0.15, -0.1) is 0 Å². The van der Waals surface area contributed by atoms with Crippen LogP contribution < -0.4 is 9.88 Å². The Morgan fingerprint density at radius 1 is 1.16 bits per heavy atom. The SMILES string of the molecule is Cc1cc(Oc2ccccc2Br)ccc1S(N)(=O)=O. The van der Waals surface area contributed by atoms with E-state index in [-0.39, 0.29) is 4.90 Å². The van der Waals surface area contributed by atoms with Gasteiger partial charge in [0.25, 0.3) is 0 Å². The first-order chi connectivity index (χ1) is 8.88. The summed E-state index contributed by atoms with van der Waals surface area (Å²) in [7, 11) is -3.70. The Labute approximate surface area is 120 Å². The van der Waals surface area contributed by atoms with Crippen LogP contribution in [0.2, 0.25) is 0 Å². The van der Waals surface area contributed by atoms with Crippen molar-refractivity contribution in [3.8, 4) is 11.5 Å². The quantitative estimate of drug-likeness (QED) is 0.931. The molecule has 0 amide bonds. The Morgan fingerprint density at radius 2 is 1.84 bits per heavy atom. The highest BCUT2D eigenvalue weighted by Crippen LogP contribution is 2.30. The number of nitrogens with two attached hydrogens (primary N) is 1. The van der Waals surface area contributed by atoms with Crippen LogP contribution in [0.3, 0.4) is 0 Å². The average molecular weight is 342 g/mol. The van der Waals surface area contributed by atoms with Crippen LogP contribution in [-0.4, -0.2) is 8.42 Å². The number of aryl methyl sites for hydroxylation is 1. The van der Waals surface area contributed by atoms with Gasteiger partial charge < -0.3 is 4.74 Å². The molecule has 2 aromatic rings. The Balaban J connectivity index is 2.34. The minimum atomic E-state index is -3.70. The number of hydrogen-bond acceptors (Lipinski definition) is 3. The molecule has 2 rings (SSSR count). The van der Waals surface area contributed by atoms with Gasteiger partial charge in [0.1, 0.15) is 11.5 Å². The number of hydrogen-bond donors (Lipinski definition) is 1. The van der Waals surface area contributed by atoms with Gasteiger partial charge in [-0.05, 0) is 58.7 Å². The molecule has 0 aliphatic carbocycles. The molecule has 0 radical (unpaired) electrons. The maximum Gasteiger partial charge on any atom is 0.238 e. The van der Waals surface area contributed by atoms with E-state index >= 15 is 0 Å². The lowest BCUT2D eigenvalue weighted by molar-refractivity contribution is 0.478. The summed E-state index contributed by atoms with van der Waals surface area (Å²) in [6, 6.07) is 12.1. The van der Waals surface area contributed by atoms with E-state index in [4.69, 9.17) is 9.88 Å². The van der Waals surface area contributed by atoms with Gasteiger partial charge in [0.2, 0.25) is 10.0 Å². The van der Waals surface area contributed by atoms with Crippen LogP contribution in [0.4, 0.5) is 0 Å². The molecule has 0 atom stereocenters. The lowest BCUT2D eigenvalue weighted by Gasteiger charge is -2.10. The number of primary sulfonamides is 1. The number of rotatable bonds is 3. The fraction of sp³-hybridized carbons (Fsp3) is 0.0769. The van der Waals surface area contributed by atoms with Gasteiger partial charge in [-0.3, -0.25) is 0 Å². The van der Waals surface area contributed by atoms with Crippen molar-refractivity contribution >= 4 is 26.0 Å². The first-order valence-corrected chi connectivity index (χ1v) is 7.78. The number of para-hydroxylation sites is 1. The second-order valence-corrected chi connectivity index (χ2v) is 6.39. The zero-order chi connectivity index (χ0) is 14.0. The minimum absolute atomic E-state index is 0.104. The fourth-order valence-electron chi connectivity index (χ4n) is 1.66. The summed E-state index contributed by atoms with van der Waals surface area (Å²) in [5.41, 5.74) is 0.548. The molecule has 4 nitrogen and oxygen atoms in total. The molecule has 100 valence electrons. The smallest absolute Gasteiger partial charge is 0.238 e. The van der Waals surface area contributed by atoms with Crippen LogP contribution in [0.5, 0.6) is 11.5 Å². The van der Waals surface area contributed by atoms with Gasteiger partial charge in [0.05, 0.1) is 9.37 Å². The molecule has 2 N–H and O–H groups in total. The second kappa shape index (κ2) is 5.32. The lowest BCUT2D eigenvalue weighted by atomic mass is 10.2. The molecule has 2 aromatic carbocycles. The van der Waals surface area contributed by atoms with E-state index in [1.165, 1.54) is 6.07 Å². The van der Waals surface area contributed by atoms with Gasteiger partial charge >= 0.3 is 0 Å². The van der Waals surface area contributed by atoms with Crippen molar-refractivity contribution in [2.45, 2.75) is 11.8 Å². The maximum absolute atomic E-state index is 11.3. The molecule has 0 spiro atoms. The number of halogens is 1. The van der Waals surface area contributed by atoms with Crippen molar-refractivity contribution in [3.63, 3.8) is 0 Å². The van der Waals surface area contributed by atoms with Crippen molar-refractivity contribution in [3.05, 3.63) is 52.5 Å². The third-order valence-electron chi connectivity index (χ3n) is 2.52. The Morgan fingerprint density at radius 3 is 2.42 bits per heavy atom. The molecule has 0 aliphatic rings. The fourth-order valence-corrected chi connectivity index (χ4v) is 2.79. The van der Waals surface area contributed by atoms with Crippen LogP contribution in [0.1, 0.15) is 5.56 Å². The van der Waals surface area contributed by atoms with E-state index < -0.39 is 10.0 Å². The molecule has 0 bridgehead atoms. The topological polar surface area (TPSA) is 69.4 Å². The van der Waals surface area contributed by atoms with Gasteiger partial charge in [-0.1, -0.05) is 12.1 Å². The van der Waals surface area contributed by atoms with Crippen molar-refractivity contribution in [2.24, 2.45) is 5.14 Å². The van der Waals surface area contributed by atoms with Crippen molar-refractivity contribution in [1.29, 1.82) is 0 Å². The Hall–Kier alpha value is -1.37. The molecule has 0 unspecified atom stereocenters. The third-order valence-corrected chi connectivity index (χ3v) is 4.24. The van der Waals surface area contributed by atoms with Gasteiger partial charge in [-0.2, -0.15) is 0 Å². The Kier molecular flexibility index (Phi) is 3.93. The summed E-state index contributed by atoms with van der Waals surface area (Å²) in [4.78, 5) is 0.104. The molecular weight excluding hydrogens is 330 g/mol. The molecule has 0 saturated heterocycles. The summed E-state index contributed by atoms with van der Waals surface area (Å²) in [6.07, 6.45) is 0. The zero-order valence-corrected chi connectivity index (χ0v) is 12.5.